The van der Waals surface area contributed by atoms with Crippen molar-refractivity contribution in [2.45, 2.75) is 45.1 Å². The van der Waals surface area contributed by atoms with Crippen molar-refractivity contribution in [1.29, 1.82) is 0 Å². The van der Waals surface area contributed by atoms with Crippen molar-refractivity contribution in [3.8, 4) is 0 Å². The fourth-order valence-corrected chi connectivity index (χ4v) is 1.77. The van der Waals surface area contributed by atoms with Crippen LogP contribution < -0.4 is 5.90 Å². The molecule has 0 aliphatic heterocycles. The molecule has 2 N–H and O–H groups in total. The molecule has 0 saturated heterocycles. The largest absolute Gasteiger partial charge is 0.302 e. The van der Waals surface area contributed by atoms with E-state index in [0.717, 1.165) is 12.3 Å². The lowest BCUT2D eigenvalue weighted by Gasteiger charge is -2.13. The van der Waals surface area contributed by atoms with Crippen LogP contribution in [0.25, 0.3) is 0 Å². The predicted molar refractivity (Wildman–Crippen MR) is 41.3 cm³/mol. The molecule has 2 heteroatoms. The Morgan fingerprint density at radius 2 is 2.10 bits per heavy atom. The molecule has 1 atom stereocenters. The van der Waals surface area contributed by atoms with E-state index in [0.29, 0.717) is 0 Å². The van der Waals surface area contributed by atoms with E-state index < -0.39 is 0 Å². The lowest BCUT2D eigenvalue weighted by Crippen LogP contribution is -2.16. The predicted octanol–water partition coefficient (Wildman–Crippen LogP) is 1.85. The highest BCUT2D eigenvalue weighted by Gasteiger charge is 2.17. The van der Waals surface area contributed by atoms with Gasteiger partial charge < -0.3 is 4.84 Å². The zero-order valence-corrected chi connectivity index (χ0v) is 6.68. The van der Waals surface area contributed by atoms with Crippen molar-refractivity contribution in [3.05, 3.63) is 0 Å². The highest BCUT2D eigenvalue weighted by Crippen LogP contribution is 2.28. The van der Waals surface area contributed by atoms with Crippen molar-refractivity contribution in [3.63, 3.8) is 0 Å². The monoisotopic (exact) mass is 143 g/mol. The Labute approximate surface area is 62.7 Å². The van der Waals surface area contributed by atoms with E-state index in [1.165, 1.54) is 25.7 Å². The average Bonchev–Trinajstić information content (AvgIpc) is 2.40. The van der Waals surface area contributed by atoms with Gasteiger partial charge in [0, 0.05) is 0 Å². The van der Waals surface area contributed by atoms with Gasteiger partial charge in [-0.3, -0.25) is 0 Å². The van der Waals surface area contributed by atoms with Gasteiger partial charge in [-0.25, -0.2) is 5.90 Å². The summed E-state index contributed by atoms with van der Waals surface area (Å²) in [5, 5.41) is 0. The molecule has 1 rings (SSSR count). The Morgan fingerprint density at radius 3 is 2.60 bits per heavy atom. The number of nitrogens with two attached hydrogens (primary N) is 1. The van der Waals surface area contributed by atoms with E-state index >= 15 is 0 Å². The van der Waals surface area contributed by atoms with Gasteiger partial charge in [0.15, 0.2) is 0 Å². The Morgan fingerprint density at radius 1 is 1.50 bits per heavy atom. The van der Waals surface area contributed by atoms with Crippen molar-refractivity contribution < 1.29 is 4.84 Å². The fourth-order valence-electron chi connectivity index (χ4n) is 1.77. The molecule has 1 fully saturated rings. The van der Waals surface area contributed by atoms with Crippen LogP contribution >= 0.6 is 0 Å². The van der Waals surface area contributed by atoms with E-state index in [1.54, 1.807) is 0 Å². The van der Waals surface area contributed by atoms with Crippen molar-refractivity contribution in [2.24, 2.45) is 11.8 Å². The van der Waals surface area contributed by atoms with E-state index in [2.05, 4.69) is 0 Å². The molecule has 0 aromatic carbocycles. The molecule has 1 aliphatic rings. The van der Waals surface area contributed by atoms with Crippen LogP contribution in [0.2, 0.25) is 0 Å². The summed E-state index contributed by atoms with van der Waals surface area (Å²) in [7, 11) is 0. The Hall–Kier alpha value is -0.0800. The molecule has 60 valence electrons. The minimum Gasteiger partial charge on any atom is -0.302 e. The lowest BCUT2D eigenvalue weighted by molar-refractivity contribution is 0.0493. The Balaban J connectivity index is 2.11. The van der Waals surface area contributed by atoms with Crippen LogP contribution in [0.15, 0.2) is 0 Å². The van der Waals surface area contributed by atoms with Crippen LogP contribution in [0.1, 0.15) is 39.0 Å². The van der Waals surface area contributed by atoms with Crippen LogP contribution in [0.3, 0.4) is 0 Å². The van der Waals surface area contributed by atoms with E-state index in [4.69, 9.17) is 10.7 Å². The zero-order chi connectivity index (χ0) is 7.40. The first kappa shape index (κ1) is 8.02. The molecule has 0 radical (unpaired) electrons. The van der Waals surface area contributed by atoms with Gasteiger partial charge >= 0.3 is 0 Å². The van der Waals surface area contributed by atoms with Gasteiger partial charge in [0.1, 0.15) is 0 Å². The summed E-state index contributed by atoms with van der Waals surface area (Å²) < 4.78 is 0. The molecule has 1 unspecified atom stereocenters. The smallest absolute Gasteiger partial charge is 0.0762 e. The molecule has 0 aromatic heterocycles. The van der Waals surface area contributed by atoms with Crippen LogP contribution in [-0.4, -0.2) is 6.10 Å². The van der Waals surface area contributed by atoms with Gasteiger partial charge in [-0.05, 0) is 19.3 Å². The molecule has 1 saturated carbocycles. The van der Waals surface area contributed by atoms with Gasteiger partial charge in [0.2, 0.25) is 0 Å². The molecule has 2 nitrogen and oxygen atoms in total. The summed E-state index contributed by atoms with van der Waals surface area (Å²) >= 11 is 0. The number of hydrogen-bond donors (Lipinski definition) is 1. The second-order valence-corrected chi connectivity index (χ2v) is 3.33. The third kappa shape index (κ3) is 2.27. The highest BCUT2D eigenvalue weighted by molar-refractivity contribution is 4.69. The molecule has 0 bridgehead atoms. The summed E-state index contributed by atoms with van der Waals surface area (Å²) in [6.07, 6.45) is 6.98. The van der Waals surface area contributed by atoms with Gasteiger partial charge in [-0.1, -0.05) is 25.7 Å². The maximum Gasteiger partial charge on any atom is 0.0762 e. The minimum absolute atomic E-state index is 0.253. The normalized spacial score (nSPS) is 23.4. The standard InChI is InChI=1S/C8H17NO/c1-7(10-9)6-8-4-2-3-5-8/h7-8H,2-6,9H2,1H3. The third-order valence-electron chi connectivity index (χ3n) is 2.37. The average molecular weight is 143 g/mol. The molecule has 1 aliphatic carbocycles. The minimum atomic E-state index is 0.253. The van der Waals surface area contributed by atoms with E-state index in [1.807, 2.05) is 6.92 Å². The van der Waals surface area contributed by atoms with E-state index in [9.17, 15) is 0 Å². The van der Waals surface area contributed by atoms with Crippen LogP contribution in [-0.2, 0) is 4.84 Å². The van der Waals surface area contributed by atoms with Crippen molar-refractivity contribution in [2.75, 3.05) is 0 Å². The van der Waals surface area contributed by atoms with Gasteiger partial charge in [-0.15, -0.1) is 0 Å². The molecule has 10 heavy (non-hydrogen) atoms. The topological polar surface area (TPSA) is 35.2 Å². The first-order valence-electron chi connectivity index (χ1n) is 4.18. The summed E-state index contributed by atoms with van der Waals surface area (Å²) in [6.45, 7) is 2.04. The van der Waals surface area contributed by atoms with Gasteiger partial charge in [-0.2, -0.15) is 0 Å². The number of rotatable bonds is 3. The first-order valence-corrected chi connectivity index (χ1v) is 4.18. The second kappa shape index (κ2) is 3.94. The maximum atomic E-state index is 5.05. The van der Waals surface area contributed by atoms with Crippen molar-refractivity contribution in [1.82, 2.24) is 0 Å². The van der Waals surface area contributed by atoms with Crippen LogP contribution in [0.4, 0.5) is 0 Å². The maximum absolute atomic E-state index is 5.05. The summed E-state index contributed by atoms with van der Waals surface area (Å²) in [5.74, 6) is 5.94. The highest BCUT2D eigenvalue weighted by atomic mass is 16.6. The molecule has 0 spiro atoms. The van der Waals surface area contributed by atoms with Gasteiger partial charge in [0.25, 0.3) is 0 Å². The fraction of sp³-hybridized carbons (Fsp3) is 1.00. The molecule has 0 aromatic rings. The van der Waals surface area contributed by atoms with Crippen LogP contribution in [0.5, 0.6) is 0 Å². The molecule has 0 heterocycles. The molecular weight excluding hydrogens is 126 g/mol. The lowest BCUT2D eigenvalue weighted by atomic mass is 10.0. The summed E-state index contributed by atoms with van der Waals surface area (Å²) in [4.78, 5) is 4.71. The van der Waals surface area contributed by atoms with Crippen LogP contribution in [0, 0.1) is 5.92 Å². The molecule has 0 amide bonds. The quantitative estimate of drug-likeness (QED) is 0.612. The second-order valence-electron chi connectivity index (χ2n) is 3.33. The van der Waals surface area contributed by atoms with E-state index in [-0.39, 0.29) is 6.10 Å². The zero-order valence-electron chi connectivity index (χ0n) is 6.68. The third-order valence-corrected chi connectivity index (χ3v) is 2.37. The Bertz CT molecular complexity index is 89.3. The summed E-state index contributed by atoms with van der Waals surface area (Å²) in [6, 6.07) is 0. The Kier molecular flexibility index (Phi) is 3.16. The number of hydrogen-bond acceptors (Lipinski definition) is 2. The molecular formula is C8H17NO. The SMILES string of the molecule is CC(CC1CCCC1)ON. The summed E-state index contributed by atoms with van der Waals surface area (Å²) in [5.41, 5.74) is 0. The van der Waals surface area contributed by atoms with Gasteiger partial charge in [0.05, 0.1) is 6.10 Å². The van der Waals surface area contributed by atoms with Crippen molar-refractivity contribution >= 4 is 0 Å². The first-order chi connectivity index (χ1) is 4.83.